The van der Waals surface area contributed by atoms with Crippen molar-refractivity contribution < 1.29 is 4.39 Å². The molecule has 0 N–H and O–H groups in total. The first kappa shape index (κ1) is 12.3. The second kappa shape index (κ2) is 4.81. The van der Waals surface area contributed by atoms with Crippen molar-refractivity contribution in [3.05, 3.63) is 54.3 Å². The summed E-state index contributed by atoms with van der Waals surface area (Å²) in [5.74, 6) is 1.07. The minimum Gasteiger partial charge on any atom is -0.356 e. The maximum Gasteiger partial charge on any atom is 0.165 e. The molecule has 0 aliphatic carbocycles. The molecule has 3 aromatic rings. The zero-order valence-electron chi connectivity index (χ0n) is 11.5. The average Bonchev–Trinajstić information content (AvgIpc) is 2.46. The average molecular weight is 279 g/mol. The van der Waals surface area contributed by atoms with Crippen molar-refractivity contribution in [2.75, 3.05) is 18.0 Å². The quantitative estimate of drug-likeness (QED) is 0.717. The lowest BCUT2D eigenvalue weighted by molar-refractivity contribution is 0.611. The van der Waals surface area contributed by atoms with Gasteiger partial charge in [-0.05, 0) is 30.7 Å². The molecule has 104 valence electrons. The molecule has 4 rings (SSSR count). The third-order valence-electron chi connectivity index (χ3n) is 3.85. The second-order valence-corrected chi connectivity index (χ2v) is 5.21. The SMILES string of the molecule is Fc1ccccc1-c1nc(N2CCC2)c2ccccc2n1. The van der Waals surface area contributed by atoms with E-state index >= 15 is 0 Å². The van der Waals surface area contributed by atoms with Crippen molar-refractivity contribution in [1.29, 1.82) is 0 Å². The summed E-state index contributed by atoms with van der Waals surface area (Å²) in [7, 11) is 0. The number of nitrogens with zero attached hydrogens (tertiary/aromatic N) is 3. The van der Waals surface area contributed by atoms with Crippen LogP contribution in [0.5, 0.6) is 0 Å². The van der Waals surface area contributed by atoms with E-state index in [1.807, 2.05) is 24.3 Å². The fourth-order valence-corrected chi connectivity index (χ4v) is 2.59. The molecule has 2 aromatic carbocycles. The fourth-order valence-electron chi connectivity index (χ4n) is 2.59. The van der Waals surface area contributed by atoms with Crippen LogP contribution in [0.25, 0.3) is 22.3 Å². The van der Waals surface area contributed by atoms with Gasteiger partial charge < -0.3 is 4.90 Å². The van der Waals surface area contributed by atoms with Crippen molar-refractivity contribution in [3.63, 3.8) is 0 Å². The van der Waals surface area contributed by atoms with E-state index in [2.05, 4.69) is 14.9 Å². The molecule has 1 saturated heterocycles. The molecular weight excluding hydrogens is 265 g/mol. The van der Waals surface area contributed by atoms with E-state index in [1.54, 1.807) is 18.2 Å². The molecule has 0 amide bonds. The van der Waals surface area contributed by atoms with Gasteiger partial charge in [0.05, 0.1) is 11.1 Å². The molecule has 1 fully saturated rings. The molecule has 0 atom stereocenters. The third-order valence-corrected chi connectivity index (χ3v) is 3.85. The van der Waals surface area contributed by atoms with Crippen molar-refractivity contribution in [2.45, 2.75) is 6.42 Å². The van der Waals surface area contributed by atoms with Gasteiger partial charge in [-0.25, -0.2) is 14.4 Å². The Balaban J connectivity index is 1.96. The maximum atomic E-state index is 14.0. The molecule has 2 heterocycles. The Labute approximate surface area is 122 Å². The van der Waals surface area contributed by atoms with E-state index in [0.717, 1.165) is 29.8 Å². The number of rotatable bonds is 2. The molecular formula is C17H14FN3. The minimum absolute atomic E-state index is 0.289. The Kier molecular flexibility index (Phi) is 2.81. The lowest BCUT2D eigenvalue weighted by atomic mass is 10.1. The van der Waals surface area contributed by atoms with Crippen LogP contribution in [-0.4, -0.2) is 23.1 Å². The lowest BCUT2D eigenvalue weighted by Crippen LogP contribution is -2.37. The van der Waals surface area contributed by atoms with Gasteiger partial charge in [0.1, 0.15) is 11.6 Å². The van der Waals surface area contributed by atoms with Gasteiger partial charge in [0.15, 0.2) is 5.82 Å². The maximum absolute atomic E-state index is 14.0. The monoisotopic (exact) mass is 279 g/mol. The number of hydrogen-bond acceptors (Lipinski definition) is 3. The van der Waals surface area contributed by atoms with Crippen LogP contribution in [0.1, 0.15) is 6.42 Å². The standard InChI is InChI=1S/C17H14FN3/c18-14-8-3-1-6-12(14)16-19-15-9-4-2-7-13(15)17(20-16)21-10-5-11-21/h1-4,6-9H,5,10-11H2. The first-order valence-corrected chi connectivity index (χ1v) is 7.09. The molecule has 0 bridgehead atoms. The highest BCUT2D eigenvalue weighted by atomic mass is 19.1. The summed E-state index contributed by atoms with van der Waals surface area (Å²) in [6.07, 6.45) is 1.17. The van der Waals surface area contributed by atoms with Crippen LogP contribution >= 0.6 is 0 Å². The molecule has 4 heteroatoms. The molecule has 0 saturated carbocycles. The van der Waals surface area contributed by atoms with Gasteiger partial charge in [0, 0.05) is 18.5 Å². The van der Waals surface area contributed by atoms with E-state index in [0.29, 0.717) is 11.4 Å². The number of para-hydroxylation sites is 1. The Hall–Kier alpha value is -2.49. The third kappa shape index (κ3) is 2.03. The predicted octanol–water partition coefficient (Wildman–Crippen LogP) is 3.65. The highest BCUT2D eigenvalue weighted by Gasteiger charge is 2.20. The van der Waals surface area contributed by atoms with Gasteiger partial charge in [-0.3, -0.25) is 0 Å². The normalized spacial score (nSPS) is 14.2. The largest absolute Gasteiger partial charge is 0.356 e. The summed E-state index contributed by atoms with van der Waals surface area (Å²) in [6, 6.07) is 14.5. The summed E-state index contributed by atoms with van der Waals surface area (Å²) in [6.45, 7) is 2.00. The Morgan fingerprint density at radius 3 is 2.43 bits per heavy atom. The van der Waals surface area contributed by atoms with Gasteiger partial charge in [-0.2, -0.15) is 0 Å². The van der Waals surface area contributed by atoms with E-state index in [-0.39, 0.29) is 5.82 Å². The zero-order chi connectivity index (χ0) is 14.2. The summed E-state index contributed by atoms with van der Waals surface area (Å²) < 4.78 is 14.0. The number of halogens is 1. The number of anilines is 1. The van der Waals surface area contributed by atoms with Gasteiger partial charge >= 0.3 is 0 Å². The van der Waals surface area contributed by atoms with Crippen molar-refractivity contribution in [1.82, 2.24) is 9.97 Å². The first-order valence-electron chi connectivity index (χ1n) is 7.09. The van der Waals surface area contributed by atoms with E-state index in [1.165, 1.54) is 12.5 Å². The Morgan fingerprint density at radius 2 is 1.67 bits per heavy atom. The minimum atomic E-state index is -0.289. The van der Waals surface area contributed by atoms with E-state index in [9.17, 15) is 4.39 Å². The molecule has 1 aliphatic rings. The number of aromatic nitrogens is 2. The van der Waals surface area contributed by atoms with Gasteiger partial charge in [0.25, 0.3) is 0 Å². The topological polar surface area (TPSA) is 29.0 Å². The predicted molar refractivity (Wildman–Crippen MR) is 81.8 cm³/mol. The van der Waals surface area contributed by atoms with Crippen LogP contribution in [0.3, 0.4) is 0 Å². The molecule has 1 aromatic heterocycles. The zero-order valence-corrected chi connectivity index (χ0v) is 11.5. The van der Waals surface area contributed by atoms with Gasteiger partial charge in [0.2, 0.25) is 0 Å². The highest BCUT2D eigenvalue weighted by Crippen LogP contribution is 2.30. The van der Waals surface area contributed by atoms with E-state index < -0.39 is 0 Å². The lowest BCUT2D eigenvalue weighted by Gasteiger charge is -2.33. The number of hydrogen-bond donors (Lipinski definition) is 0. The molecule has 21 heavy (non-hydrogen) atoms. The van der Waals surface area contributed by atoms with Crippen molar-refractivity contribution in [3.8, 4) is 11.4 Å². The van der Waals surface area contributed by atoms with Crippen LogP contribution < -0.4 is 4.90 Å². The molecule has 0 spiro atoms. The van der Waals surface area contributed by atoms with Gasteiger partial charge in [-0.15, -0.1) is 0 Å². The summed E-state index contributed by atoms with van der Waals surface area (Å²) in [4.78, 5) is 11.4. The second-order valence-electron chi connectivity index (χ2n) is 5.21. The van der Waals surface area contributed by atoms with Gasteiger partial charge in [-0.1, -0.05) is 24.3 Å². The van der Waals surface area contributed by atoms with Crippen molar-refractivity contribution >= 4 is 16.7 Å². The number of fused-ring (bicyclic) bond motifs is 1. The van der Waals surface area contributed by atoms with Crippen LogP contribution in [-0.2, 0) is 0 Å². The van der Waals surface area contributed by atoms with Crippen molar-refractivity contribution in [2.24, 2.45) is 0 Å². The smallest absolute Gasteiger partial charge is 0.165 e. The van der Waals surface area contributed by atoms with Crippen LogP contribution in [0.4, 0.5) is 10.2 Å². The number of benzene rings is 2. The first-order chi connectivity index (χ1) is 10.3. The Morgan fingerprint density at radius 1 is 0.905 bits per heavy atom. The summed E-state index contributed by atoms with van der Waals surface area (Å²) in [5, 5.41) is 1.03. The summed E-state index contributed by atoms with van der Waals surface area (Å²) >= 11 is 0. The molecule has 0 radical (unpaired) electrons. The van der Waals surface area contributed by atoms with Crippen LogP contribution in [0, 0.1) is 5.82 Å². The molecule has 3 nitrogen and oxygen atoms in total. The molecule has 0 unspecified atom stereocenters. The Bertz CT molecular complexity index is 812. The van der Waals surface area contributed by atoms with Crippen LogP contribution in [0.2, 0.25) is 0 Å². The van der Waals surface area contributed by atoms with E-state index in [4.69, 9.17) is 0 Å². The molecule has 1 aliphatic heterocycles. The highest BCUT2D eigenvalue weighted by molar-refractivity contribution is 5.91. The summed E-state index contributed by atoms with van der Waals surface area (Å²) in [5.41, 5.74) is 1.30. The van der Waals surface area contributed by atoms with Crippen LogP contribution in [0.15, 0.2) is 48.5 Å². The fraction of sp³-hybridized carbons (Fsp3) is 0.176.